The Hall–Kier alpha value is -1.62. The molecular formula is C20H21Cl2FN2O. The van der Waals surface area contributed by atoms with E-state index in [1.54, 1.807) is 18.2 Å². The Morgan fingerprint density at radius 1 is 1.19 bits per heavy atom. The van der Waals surface area contributed by atoms with Crippen molar-refractivity contribution in [1.29, 1.82) is 0 Å². The SMILES string of the molecule is Cc1ccc(NC(=O)C2CCN(Cc3ccc(Cl)cc3F)CC2)cc1Cl. The number of benzene rings is 2. The third-order valence-corrected chi connectivity index (χ3v) is 5.45. The molecule has 6 heteroatoms. The maximum atomic E-state index is 13.9. The summed E-state index contributed by atoms with van der Waals surface area (Å²) in [4.78, 5) is 14.6. The van der Waals surface area contributed by atoms with E-state index in [1.807, 2.05) is 19.1 Å². The Morgan fingerprint density at radius 2 is 1.92 bits per heavy atom. The van der Waals surface area contributed by atoms with E-state index in [-0.39, 0.29) is 17.6 Å². The van der Waals surface area contributed by atoms with Gasteiger partial charge in [-0.2, -0.15) is 0 Å². The molecule has 1 aliphatic heterocycles. The molecule has 0 unspecified atom stereocenters. The van der Waals surface area contributed by atoms with Crippen LogP contribution in [0.2, 0.25) is 10.0 Å². The molecule has 2 aromatic carbocycles. The largest absolute Gasteiger partial charge is 0.326 e. The number of aryl methyl sites for hydroxylation is 1. The zero-order valence-corrected chi connectivity index (χ0v) is 16.1. The molecule has 0 aromatic heterocycles. The Morgan fingerprint density at radius 3 is 2.58 bits per heavy atom. The highest BCUT2D eigenvalue weighted by Crippen LogP contribution is 2.24. The van der Waals surface area contributed by atoms with Crippen molar-refractivity contribution < 1.29 is 9.18 Å². The van der Waals surface area contributed by atoms with Crippen molar-refractivity contribution in [3.05, 3.63) is 63.4 Å². The van der Waals surface area contributed by atoms with Crippen molar-refractivity contribution in [2.24, 2.45) is 5.92 Å². The Balaban J connectivity index is 1.52. The number of hydrogen-bond donors (Lipinski definition) is 1. The van der Waals surface area contributed by atoms with E-state index in [4.69, 9.17) is 23.2 Å². The summed E-state index contributed by atoms with van der Waals surface area (Å²) < 4.78 is 13.9. The first kappa shape index (κ1) is 19.2. The number of halogens is 3. The summed E-state index contributed by atoms with van der Waals surface area (Å²) >= 11 is 11.9. The Bertz CT molecular complexity index is 804. The van der Waals surface area contributed by atoms with Gasteiger partial charge in [0, 0.05) is 33.8 Å². The Kier molecular flexibility index (Phi) is 6.17. The zero-order valence-electron chi connectivity index (χ0n) is 14.6. The highest BCUT2D eigenvalue weighted by Gasteiger charge is 2.25. The van der Waals surface area contributed by atoms with Crippen LogP contribution in [0.25, 0.3) is 0 Å². The number of anilines is 1. The van der Waals surface area contributed by atoms with E-state index in [9.17, 15) is 9.18 Å². The number of carbonyl (C=O) groups is 1. The molecule has 1 aliphatic rings. The average Bonchev–Trinajstić information content (AvgIpc) is 2.61. The van der Waals surface area contributed by atoms with Crippen LogP contribution >= 0.6 is 23.2 Å². The first-order chi connectivity index (χ1) is 12.4. The summed E-state index contributed by atoms with van der Waals surface area (Å²) in [5.41, 5.74) is 2.33. The zero-order chi connectivity index (χ0) is 18.7. The van der Waals surface area contributed by atoms with Crippen molar-refractivity contribution in [2.45, 2.75) is 26.3 Å². The molecule has 138 valence electrons. The molecule has 0 aliphatic carbocycles. The Labute approximate surface area is 163 Å². The quantitative estimate of drug-likeness (QED) is 0.763. The van der Waals surface area contributed by atoms with Gasteiger partial charge in [0.2, 0.25) is 5.91 Å². The van der Waals surface area contributed by atoms with Crippen molar-refractivity contribution in [2.75, 3.05) is 18.4 Å². The van der Waals surface area contributed by atoms with E-state index < -0.39 is 0 Å². The van der Waals surface area contributed by atoms with E-state index in [1.165, 1.54) is 6.07 Å². The molecule has 3 nitrogen and oxygen atoms in total. The van der Waals surface area contributed by atoms with Gasteiger partial charge >= 0.3 is 0 Å². The van der Waals surface area contributed by atoms with Gasteiger partial charge in [0.25, 0.3) is 0 Å². The van der Waals surface area contributed by atoms with Crippen molar-refractivity contribution in [3.8, 4) is 0 Å². The maximum absolute atomic E-state index is 13.9. The molecule has 1 N–H and O–H groups in total. The van der Waals surface area contributed by atoms with Gasteiger partial charge in [-0.25, -0.2) is 4.39 Å². The second-order valence-electron chi connectivity index (χ2n) is 6.74. The number of amides is 1. The van der Waals surface area contributed by atoms with Gasteiger partial charge in [-0.05, 0) is 62.7 Å². The first-order valence-corrected chi connectivity index (χ1v) is 9.41. The number of likely N-dealkylation sites (tertiary alicyclic amines) is 1. The summed E-state index contributed by atoms with van der Waals surface area (Å²) in [5, 5.41) is 3.99. The third-order valence-electron chi connectivity index (χ3n) is 4.81. The molecule has 0 bridgehead atoms. The molecule has 1 saturated heterocycles. The highest BCUT2D eigenvalue weighted by molar-refractivity contribution is 6.31. The smallest absolute Gasteiger partial charge is 0.227 e. The van der Waals surface area contributed by atoms with Crippen LogP contribution in [-0.4, -0.2) is 23.9 Å². The summed E-state index contributed by atoms with van der Waals surface area (Å²) in [6, 6.07) is 10.3. The molecule has 0 atom stereocenters. The normalized spacial score (nSPS) is 15.8. The summed E-state index contributed by atoms with van der Waals surface area (Å²) in [5.74, 6) is -0.308. The summed E-state index contributed by atoms with van der Waals surface area (Å²) in [7, 11) is 0. The van der Waals surface area contributed by atoms with Crippen LogP contribution < -0.4 is 5.32 Å². The fourth-order valence-electron chi connectivity index (χ4n) is 3.16. The fraction of sp³-hybridized carbons (Fsp3) is 0.350. The predicted octanol–water partition coefficient (Wildman–Crippen LogP) is 5.29. The standard InChI is InChI=1S/C20H21Cl2FN2O/c1-13-2-5-17(11-18(13)22)24-20(26)14-6-8-25(9-7-14)12-15-3-4-16(21)10-19(15)23/h2-5,10-11,14H,6-9,12H2,1H3,(H,24,26). The number of rotatable bonds is 4. The number of hydrogen-bond acceptors (Lipinski definition) is 2. The van der Waals surface area contributed by atoms with Crippen LogP contribution in [0.1, 0.15) is 24.0 Å². The first-order valence-electron chi connectivity index (χ1n) is 8.65. The van der Waals surface area contributed by atoms with Gasteiger partial charge < -0.3 is 5.32 Å². The minimum Gasteiger partial charge on any atom is -0.326 e. The molecule has 0 radical (unpaired) electrons. The van der Waals surface area contributed by atoms with Gasteiger partial charge in [0.1, 0.15) is 5.82 Å². The predicted molar refractivity (Wildman–Crippen MR) is 104 cm³/mol. The molecule has 1 fully saturated rings. The van der Waals surface area contributed by atoms with Gasteiger partial charge in [-0.3, -0.25) is 9.69 Å². The van der Waals surface area contributed by atoms with E-state index in [0.717, 1.165) is 37.2 Å². The van der Waals surface area contributed by atoms with Crippen LogP contribution in [0, 0.1) is 18.7 Å². The molecule has 2 aromatic rings. The van der Waals surface area contributed by atoms with Crippen LogP contribution in [0.15, 0.2) is 36.4 Å². The molecule has 0 spiro atoms. The van der Waals surface area contributed by atoms with Crippen LogP contribution in [0.4, 0.5) is 10.1 Å². The molecule has 26 heavy (non-hydrogen) atoms. The molecule has 1 heterocycles. The number of piperidine rings is 1. The van der Waals surface area contributed by atoms with Crippen LogP contribution in [-0.2, 0) is 11.3 Å². The molecular weight excluding hydrogens is 374 g/mol. The van der Waals surface area contributed by atoms with Crippen molar-refractivity contribution in [3.63, 3.8) is 0 Å². The minimum absolute atomic E-state index is 0.0160. The lowest BCUT2D eigenvalue weighted by molar-refractivity contribution is -0.121. The topological polar surface area (TPSA) is 32.3 Å². The van der Waals surface area contributed by atoms with E-state index in [2.05, 4.69) is 10.2 Å². The lowest BCUT2D eigenvalue weighted by Crippen LogP contribution is -2.37. The van der Waals surface area contributed by atoms with Crippen molar-refractivity contribution >= 4 is 34.8 Å². The average molecular weight is 395 g/mol. The maximum Gasteiger partial charge on any atom is 0.227 e. The lowest BCUT2D eigenvalue weighted by Gasteiger charge is -2.31. The van der Waals surface area contributed by atoms with Gasteiger partial charge in [0.05, 0.1) is 0 Å². The van der Waals surface area contributed by atoms with E-state index >= 15 is 0 Å². The minimum atomic E-state index is -0.284. The summed E-state index contributed by atoms with van der Waals surface area (Å²) in [6.07, 6.45) is 1.50. The van der Waals surface area contributed by atoms with Gasteiger partial charge in [-0.1, -0.05) is 35.3 Å². The second-order valence-corrected chi connectivity index (χ2v) is 7.58. The molecule has 1 amide bonds. The van der Waals surface area contributed by atoms with E-state index in [0.29, 0.717) is 22.2 Å². The number of nitrogens with one attached hydrogen (secondary N) is 1. The van der Waals surface area contributed by atoms with Crippen LogP contribution in [0.3, 0.4) is 0 Å². The highest BCUT2D eigenvalue weighted by atomic mass is 35.5. The molecule has 3 rings (SSSR count). The third kappa shape index (κ3) is 4.76. The van der Waals surface area contributed by atoms with Crippen LogP contribution in [0.5, 0.6) is 0 Å². The second kappa shape index (κ2) is 8.38. The van der Waals surface area contributed by atoms with Gasteiger partial charge in [0.15, 0.2) is 0 Å². The number of nitrogens with zero attached hydrogens (tertiary/aromatic N) is 1. The molecule has 0 saturated carbocycles. The summed E-state index contributed by atoms with van der Waals surface area (Å²) in [6.45, 7) is 3.97. The lowest BCUT2D eigenvalue weighted by atomic mass is 9.95. The number of carbonyl (C=O) groups excluding carboxylic acids is 1. The monoisotopic (exact) mass is 394 g/mol. The van der Waals surface area contributed by atoms with Gasteiger partial charge in [-0.15, -0.1) is 0 Å². The van der Waals surface area contributed by atoms with Crippen molar-refractivity contribution in [1.82, 2.24) is 4.90 Å². The fourth-order valence-corrected chi connectivity index (χ4v) is 3.50.